The first-order valence-electron chi connectivity index (χ1n) is 5.34. The molecule has 0 aromatic heterocycles. The number of rotatable bonds is 5. The van der Waals surface area contributed by atoms with E-state index in [-0.39, 0.29) is 0 Å². The standard InChI is InChI=1S/C10H22N2O/c1-3-12-8-10(11-2)9-4-6-13-7-5-9/h9-12H,3-8H2,1-2H3. The van der Waals surface area contributed by atoms with E-state index in [1.807, 2.05) is 0 Å². The van der Waals surface area contributed by atoms with Crippen molar-refractivity contribution in [3.63, 3.8) is 0 Å². The maximum absolute atomic E-state index is 5.35. The summed E-state index contributed by atoms with van der Waals surface area (Å²) in [6.45, 7) is 6.17. The van der Waals surface area contributed by atoms with Crippen LogP contribution in [-0.2, 0) is 4.74 Å². The lowest BCUT2D eigenvalue weighted by molar-refractivity contribution is 0.0548. The van der Waals surface area contributed by atoms with Crippen LogP contribution < -0.4 is 10.6 Å². The van der Waals surface area contributed by atoms with Gasteiger partial charge in [0.1, 0.15) is 0 Å². The minimum atomic E-state index is 0.615. The SMILES string of the molecule is CCNCC(NC)C1CCOCC1. The van der Waals surface area contributed by atoms with Gasteiger partial charge in [-0.3, -0.25) is 0 Å². The highest BCUT2D eigenvalue weighted by Gasteiger charge is 2.21. The molecule has 1 rings (SSSR count). The average molecular weight is 186 g/mol. The molecule has 0 saturated carbocycles. The van der Waals surface area contributed by atoms with Gasteiger partial charge in [-0.05, 0) is 32.4 Å². The molecule has 78 valence electrons. The van der Waals surface area contributed by atoms with Crippen molar-refractivity contribution in [2.24, 2.45) is 5.92 Å². The molecule has 1 heterocycles. The second-order valence-corrected chi connectivity index (χ2v) is 3.65. The molecule has 1 aliphatic heterocycles. The molecule has 0 bridgehead atoms. The summed E-state index contributed by atoms with van der Waals surface area (Å²) < 4.78 is 5.35. The van der Waals surface area contributed by atoms with E-state index in [0.717, 1.165) is 32.2 Å². The molecule has 0 spiro atoms. The van der Waals surface area contributed by atoms with Crippen molar-refractivity contribution in [3.8, 4) is 0 Å². The van der Waals surface area contributed by atoms with Gasteiger partial charge in [0.25, 0.3) is 0 Å². The molecule has 3 heteroatoms. The van der Waals surface area contributed by atoms with Crippen LogP contribution in [0.2, 0.25) is 0 Å². The van der Waals surface area contributed by atoms with Gasteiger partial charge in [0.15, 0.2) is 0 Å². The summed E-state index contributed by atoms with van der Waals surface area (Å²) >= 11 is 0. The molecule has 2 N–H and O–H groups in total. The third-order valence-corrected chi connectivity index (χ3v) is 2.82. The minimum Gasteiger partial charge on any atom is -0.381 e. The fraction of sp³-hybridized carbons (Fsp3) is 1.00. The van der Waals surface area contributed by atoms with Crippen molar-refractivity contribution in [1.82, 2.24) is 10.6 Å². The van der Waals surface area contributed by atoms with Crippen LogP contribution in [0.4, 0.5) is 0 Å². The van der Waals surface area contributed by atoms with Crippen molar-refractivity contribution in [3.05, 3.63) is 0 Å². The summed E-state index contributed by atoms with van der Waals surface area (Å²) in [4.78, 5) is 0. The van der Waals surface area contributed by atoms with E-state index in [4.69, 9.17) is 4.74 Å². The summed E-state index contributed by atoms with van der Waals surface area (Å²) in [5.74, 6) is 0.790. The van der Waals surface area contributed by atoms with Gasteiger partial charge in [0.2, 0.25) is 0 Å². The van der Waals surface area contributed by atoms with Crippen LogP contribution >= 0.6 is 0 Å². The van der Waals surface area contributed by atoms with Gasteiger partial charge in [-0.2, -0.15) is 0 Å². The Morgan fingerprint density at radius 1 is 1.38 bits per heavy atom. The first kappa shape index (κ1) is 11.0. The number of ether oxygens (including phenoxy) is 1. The number of hydrogen-bond donors (Lipinski definition) is 2. The highest BCUT2D eigenvalue weighted by Crippen LogP contribution is 2.18. The molecule has 0 radical (unpaired) electrons. The van der Waals surface area contributed by atoms with Crippen LogP contribution in [-0.4, -0.2) is 39.4 Å². The maximum atomic E-state index is 5.35. The van der Waals surface area contributed by atoms with E-state index >= 15 is 0 Å². The van der Waals surface area contributed by atoms with Crippen molar-refractivity contribution in [1.29, 1.82) is 0 Å². The molecule has 0 aliphatic carbocycles. The molecule has 1 atom stereocenters. The fourth-order valence-electron chi connectivity index (χ4n) is 1.92. The van der Waals surface area contributed by atoms with Crippen LogP contribution in [0, 0.1) is 5.92 Å². The largest absolute Gasteiger partial charge is 0.381 e. The van der Waals surface area contributed by atoms with Gasteiger partial charge in [-0.15, -0.1) is 0 Å². The van der Waals surface area contributed by atoms with Gasteiger partial charge in [-0.1, -0.05) is 6.92 Å². The highest BCUT2D eigenvalue weighted by atomic mass is 16.5. The molecule has 1 unspecified atom stereocenters. The lowest BCUT2D eigenvalue weighted by atomic mass is 9.92. The van der Waals surface area contributed by atoms with Crippen molar-refractivity contribution in [2.75, 3.05) is 33.4 Å². The van der Waals surface area contributed by atoms with Gasteiger partial charge in [-0.25, -0.2) is 0 Å². The van der Waals surface area contributed by atoms with Crippen molar-refractivity contribution in [2.45, 2.75) is 25.8 Å². The number of hydrogen-bond acceptors (Lipinski definition) is 3. The van der Waals surface area contributed by atoms with E-state index in [0.29, 0.717) is 6.04 Å². The molecule has 0 aromatic carbocycles. The third kappa shape index (κ3) is 3.63. The van der Waals surface area contributed by atoms with Gasteiger partial charge in [0.05, 0.1) is 0 Å². The average Bonchev–Trinajstić information content (AvgIpc) is 2.21. The molecule has 3 nitrogen and oxygen atoms in total. The van der Waals surface area contributed by atoms with E-state index in [1.54, 1.807) is 0 Å². The lowest BCUT2D eigenvalue weighted by Gasteiger charge is -2.30. The Bertz CT molecular complexity index is 124. The van der Waals surface area contributed by atoms with Crippen LogP contribution in [0.5, 0.6) is 0 Å². The number of likely N-dealkylation sites (N-methyl/N-ethyl adjacent to an activating group) is 2. The molecular weight excluding hydrogens is 164 g/mol. The van der Waals surface area contributed by atoms with Gasteiger partial charge < -0.3 is 15.4 Å². The van der Waals surface area contributed by atoms with Crippen molar-refractivity contribution >= 4 is 0 Å². The topological polar surface area (TPSA) is 33.3 Å². The fourth-order valence-corrected chi connectivity index (χ4v) is 1.92. The second-order valence-electron chi connectivity index (χ2n) is 3.65. The predicted molar refractivity (Wildman–Crippen MR) is 54.9 cm³/mol. The van der Waals surface area contributed by atoms with E-state index in [1.165, 1.54) is 12.8 Å². The summed E-state index contributed by atoms with van der Waals surface area (Å²) in [5.41, 5.74) is 0. The molecule has 13 heavy (non-hydrogen) atoms. The Morgan fingerprint density at radius 2 is 2.08 bits per heavy atom. The Morgan fingerprint density at radius 3 is 2.62 bits per heavy atom. The molecule has 0 aromatic rings. The lowest BCUT2D eigenvalue weighted by Crippen LogP contribution is -2.44. The first-order valence-corrected chi connectivity index (χ1v) is 5.34. The van der Waals surface area contributed by atoms with Gasteiger partial charge >= 0.3 is 0 Å². The second kappa shape index (κ2) is 6.35. The predicted octanol–water partition coefficient (Wildman–Crippen LogP) is 0.610. The Hall–Kier alpha value is -0.120. The van der Waals surface area contributed by atoms with Gasteiger partial charge in [0, 0.05) is 25.8 Å². The molecule has 0 amide bonds. The van der Waals surface area contributed by atoms with Crippen LogP contribution in [0.25, 0.3) is 0 Å². The minimum absolute atomic E-state index is 0.615. The Balaban J connectivity index is 2.26. The summed E-state index contributed by atoms with van der Waals surface area (Å²) in [6, 6.07) is 0.615. The molecule has 1 saturated heterocycles. The quantitative estimate of drug-likeness (QED) is 0.660. The Labute approximate surface area is 81.2 Å². The molecular formula is C10H22N2O. The first-order chi connectivity index (χ1) is 6.38. The zero-order valence-electron chi connectivity index (χ0n) is 8.81. The Kier molecular flexibility index (Phi) is 5.35. The zero-order chi connectivity index (χ0) is 9.52. The summed E-state index contributed by atoms with van der Waals surface area (Å²) in [5, 5.41) is 6.78. The number of nitrogens with one attached hydrogen (secondary N) is 2. The normalized spacial score (nSPS) is 21.7. The maximum Gasteiger partial charge on any atom is 0.0469 e. The van der Waals surface area contributed by atoms with Crippen molar-refractivity contribution < 1.29 is 4.74 Å². The van der Waals surface area contributed by atoms with Crippen LogP contribution in [0.1, 0.15) is 19.8 Å². The summed E-state index contributed by atoms with van der Waals surface area (Å²) in [6.07, 6.45) is 2.41. The smallest absolute Gasteiger partial charge is 0.0469 e. The summed E-state index contributed by atoms with van der Waals surface area (Å²) in [7, 11) is 2.05. The third-order valence-electron chi connectivity index (χ3n) is 2.82. The van der Waals surface area contributed by atoms with E-state index < -0.39 is 0 Å². The molecule has 1 aliphatic rings. The monoisotopic (exact) mass is 186 g/mol. The van der Waals surface area contributed by atoms with E-state index in [2.05, 4.69) is 24.6 Å². The zero-order valence-corrected chi connectivity index (χ0v) is 8.81. The molecule has 1 fully saturated rings. The van der Waals surface area contributed by atoms with E-state index in [9.17, 15) is 0 Å². The van der Waals surface area contributed by atoms with Crippen LogP contribution in [0.15, 0.2) is 0 Å². The van der Waals surface area contributed by atoms with Crippen LogP contribution in [0.3, 0.4) is 0 Å². The highest BCUT2D eigenvalue weighted by molar-refractivity contribution is 4.78.